The molecule has 0 aromatic carbocycles. The van der Waals surface area contributed by atoms with E-state index in [1.807, 2.05) is 0 Å². The van der Waals surface area contributed by atoms with Gasteiger partial charge in [-0.05, 0) is 23.7 Å². The molecule has 0 spiro atoms. The number of rotatable bonds is 0. The second-order valence-electron chi connectivity index (χ2n) is 4.27. The summed E-state index contributed by atoms with van der Waals surface area (Å²) in [5.74, 6) is 1.88. The van der Waals surface area contributed by atoms with Crippen LogP contribution in [0.15, 0.2) is 12.2 Å². The molecule has 1 N–H and O–H groups in total. The lowest BCUT2D eigenvalue weighted by atomic mass is 10.0. The summed E-state index contributed by atoms with van der Waals surface area (Å²) < 4.78 is 0. The van der Waals surface area contributed by atoms with E-state index < -0.39 is 0 Å². The molecule has 4 bridgehead atoms. The zero-order valence-electron chi connectivity index (χ0n) is 6.17. The van der Waals surface area contributed by atoms with E-state index in [2.05, 4.69) is 13.5 Å². The standard InChI is InChI=1S/C9H12O/c1-4-5-3-6-7(8(5)10)9(4,6)2/h5-8,10H,1,3H2,2H3/t5-,6-,7-,8?,9-/m1/s1. The van der Waals surface area contributed by atoms with Gasteiger partial charge in [-0.2, -0.15) is 0 Å². The molecule has 0 aromatic rings. The molecule has 1 nitrogen and oxygen atoms in total. The van der Waals surface area contributed by atoms with Gasteiger partial charge in [0.2, 0.25) is 0 Å². The van der Waals surface area contributed by atoms with Gasteiger partial charge in [-0.1, -0.05) is 19.1 Å². The molecule has 4 rings (SSSR count). The molecule has 1 unspecified atom stereocenters. The SMILES string of the molecule is C=C1[C@H]2C[C@@H]3[C@H](C2O)[C@]13C. The highest BCUT2D eigenvalue weighted by Gasteiger charge is 2.78. The summed E-state index contributed by atoms with van der Waals surface area (Å²) in [7, 11) is 0. The third kappa shape index (κ3) is 0.271. The maximum absolute atomic E-state index is 9.62. The first-order valence-electron chi connectivity index (χ1n) is 4.04. The van der Waals surface area contributed by atoms with Crippen LogP contribution in [0.5, 0.6) is 0 Å². The van der Waals surface area contributed by atoms with E-state index in [1.54, 1.807) is 0 Å². The Morgan fingerprint density at radius 3 is 2.50 bits per heavy atom. The number of aliphatic hydroxyl groups excluding tert-OH is 1. The lowest BCUT2D eigenvalue weighted by Gasteiger charge is -2.07. The van der Waals surface area contributed by atoms with Gasteiger partial charge in [0.1, 0.15) is 0 Å². The highest BCUT2D eigenvalue weighted by Crippen LogP contribution is 2.80. The molecule has 54 valence electrons. The molecule has 4 aliphatic carbocycles. The van der Waals surface area contributed by atoms with E-state index in [0.717, 1.165) is 5.92 Å². The Hall–Kier alpha value is -0.300. The molecule has 0 amide bonds. The molecule has 0 radical (unpaired) electrons. The van der Waals surface area contributed by atoms with Gasteiger partial charge in [-0.15, -0.1) is 0 Å². The van der Waals surface area contributed by atoms with Gasteiger partial charge in [-0.3, -0.25) is 0 Å². The molecule has 4 fully saturated rings. The van der Waals surface area contributed by atoms with Crippen LogP contribution >= 0.6 is 0 Å². The lowest BCUT2D eigenvalue weighted by Crippen LogP contribution is -2.10. The molecule has 4 saturated carbocycles. The fraction of sp³-hybridized carbons (Fsp3) is 0.778. The minimum Gasteiger partial charge on any atom is -0.392 e. The van der Waals surface area contributed by atoms with Crippen molar-refractivity contribution in [1.82, 2.24) is 0 Å². The number of hydrogen-bond acceptors (Lipinski definition) is 1. The van der Waals surface area contributed by atoms with E-state index in [1.165, 1.54) is 12.0 Å². The van der Waals surface area contributed by atoms with E-state index in [0.29, 0.717) is 17.3 Å². The Balaban J connectivity index is 2.19. The summed E-state index contributed by atoms with van der Waals surface area (Å²) in [5.41, 5.74) is 1.72. The highest BCUT2D eigenvalue weighted by molar-refractivity contribution is 5.42. The van der Waals surface area contributed by atoms with Crippen molar-refractivity contribution in [2.45, 2.75) is 19.4 Å². The molecule has 4 aliphatic rings. The maximum atomic E-state index is 9.62. The van der Waals surface area contributed by atoms with Crippen molar-refractivity contribution in [3.05, 3.63) is 12.2 Å². The second-order valence-corrected chi connectivity index (χ2v) is 4.27. The van der Waals surface area contributed by atoms with E-state index in [-0.39, 0.29) is 6.10 Å². The predicted octanol–water partition coefficient (Wildman–Crippen LogP) is 1.19. The van der Waals surface area contributed by atoms with E-state index in [9.17, 15) is 5.11 Å². The first-order valence-corrected chi connectivity index (χ1v) is 4.04. The monoisotopic (exact) mass is 136 g/mol. The fourth-order valence-corrected chi connectivity index (χ4v) is 3.49. The molecule has 10 heavy (non-hydrogen) atoms. The Labute approximate surface area is 60.7 Å². The number of hydrogen-bond donors (Lipinski definition) is 1. The van der Waals surface area contributed by atoms with Crippen LogP contribution < -0.4 is 0 Å². The summed E-state index contributed by atoms with van der Waals surface area (Å²) in [6.45, 7) is 6.33. The van der Waals surface area contributed by atoms with Crippen molar-refractivity contribution in [2.75, 3.05) is 0 Å². The second kappa shape index (κ2) is 1.10. The quantitative estimate of drug-likeness (QED) is 0.496. The molecule has 0 aliphatic heterocycles. The molecular weight excluding hydrogens is 124 g/mol. The van der Waals surface area contributed by atoms with Gasteiger partial charge >= 0.3 is 0 Å². The van der Waals surface area contributed by atoms with Gasteiger partial charge in [0.05, 0.1) is 6.10 Å². The Bertz CT molecular complexity index is 231. The summed E-state index contributed by atoms with van der Waals surface area (Å²) in [5, 5.41) is 9.62. The first kappa shape index (κ1) is 5.36. The average molecular weight is 136 g/mol. The zero-order chi connectivity index (χ0) is 7.09. The Morgan fingerprint density at radius 2 is 2.40 bits per heavy atom. The molecule has 1 heteroatoms. The van der Waals surface area contributed by atoms with Gasteiger partial charge in [0.25, 0.3) is 0 Å². The molecular formula is C9H12O. The fourth-order valence-electron chi connectivity index (χ4n) is 3.49. The minimum absolute atomic E-state index is 0.0255. The molecule has 0 saturated heterocycles. The van der Waals surface area contributed by atoms with E-state index >= 15 is 0 Å². The smallest absolute Gasteiger partial charge is 0.0645 e. The van der Waals surface area contributed by atoms with Crippen molar-refractivity contribution in [1.29, 1.82) is 0 Å². The first-order chi connectivity index (χ1) is 4.67. The summed E-state index contributed by atoms with van der Waals surface area (Å²) in [6.07, 6.45) is 1.20. The molecule has 0 aromatic heterocycles. The predicted molar refractivity (Wildman–Crippen MR) is 38.3 cm³/mol. The summed E-state index contributed by atoms with van der Waals surface area (Å²) >= 11 is 0. The Morgan fingerprint density at radius 1 is 1.70 bits per heavy atom. The van der Waals surface area contributed by atoms with Crippen LogP contribution in [0.4, 0.5) is 0 Å². The third-order valence-electron chi connectivity index (χ3n) is 4.21. The van der Waals surface area contributed by atoms with Gasteiger partial charge in [0.15, 0.2) is 0 Å². The van der Waals surface area contributed by atoms with E-state index in [4.69, 9.17) is 0 Å². The van der Waals surface area contributed by atoms with Gasteiger partial charge < -0.3 is 5.11 Å². The van der Waals surface area contributed by atoms with Crippen molar-refractivity contribution < 1.29 is 5.11 Å². The topological polar surface area (TPSA) is 20.2 Å². The van der Waals surface area contributed by atoms with Crippen molar-refractivity contribution in [3.63, 3.8) is 0 Å². The summed E-state index contributed by atoms with van der Waals surface area (Å²) in [6, 6.07) is 0. The van der Waals surface area contributed by atoms with Crippen LogP contribution in [0.25, 0.3) is 0 Å². The largest absolute Gasteiger partial charge is 0.392 e. The zero-order valence-corrected chi connectivity index (χ0v) is 6.17. The van der Waals surface area contributed by atoms with Crippen LogP contribution in [0, 0.1) is 23.2 Å². The van der Waals surface area contributed by atoms with Gasteiger partial charge in [-0.25, -0.2) is 0 Å². The van der Waals surface area contributed by atoms with Crippen LogP contribution in [-0.4, -0.2) is 11.2 Å². The average Bonchev–Trinajstić information content (AvgIpc) is 2.16. The van der Waals surface area contributed by atoms with Crippen molar-refractivity contribution in [3.8, 4) is 0 Å². The minimum atomic E-state index is -0.0255. The Kier molecular flexibility index (Phi) is 0.588. The normalized spacial score (nSPS) is 69.2. The third-order valence-corrected chi connectivity index (χ3v) is 4.21. The molecule has 5 atom stereocenters. The maximum Gasteiger partial charge on any atom is 0.0645 e. The number of aliphatic hydroxyl groups is 1. The highest BCUT2D eigenvalue weighted by atomic mass is 16.3. The van der Waals surface area contributed by atoms with Crippen LogP contribution in [0.3, 0.4) is 0 Å². The van der Waals surface area contributed by atoms with Crippen LogP contribution in [0.1, 0.15) is 13.3 Å². The van der Waals surface area contributed by atoms with Gasteiger partial charge in [0, 0.05) is 5.92 Å². The van der Waals surface area contributed by atoms with Crippen LogP contribution in [-0.2, 0) is 0 Å². The summed E-state index contributed by atoms with van der Waals surface area (Å²) in [4.78, 5) is 0. The molecule has 0 heterocycles. The van der Waals surface area contributed by atoms with Crippen LogP contribution in [0.2, 0.25) is 0 Å². The van der Waals surface area contributed by atoms with Crippen molar-refractivity contribution >= 4 is 0 Å². The van der Waals surface area contributed by atoms with Crippen molar-refractivity contribution in [2.24, 2.45) is 23.2 Å². The lowest BCUT2D eigenvalue weighted by molar-refractivity contribution is 0.140.